The molecule has 7 heteroatoms. The summed E-state index contributed by atoms with van der Waals surface area (Å²) < 4.78 is 9.15. The van der Waals surface area contributed by atoms with E-state index >= 15 is 0 Å². The Morgan fingerprint density at radius 2 is 2.07 bits per heavy atom. The molecule has 0 aromatic carbocycles. The summed E-state index contributed by atoms with van der Waals surface area (Å²) in [6, 6.07) is 0. The quantitative estimate of drug-likeness (QED) is 0.388. The van der Waals surface area contributed by atoms with E-state index in [4.69, 9.17) is 9.84 Å². The lowest BCUT2D eigenvalue weighted by Gasteiger charge is -2.34. The van der Waals surface area contributed by atoms with E-state index in [1.165, 1.54) is 0 Å². The van der Waals surface area contributed by atoms with Crippen LogP contribution in [0.25, 0.3) is 0 Å². The molecule has 1 aliphatic rings. The van der Waals surface area contributed by atoms with Crippen LogP contribution in [0.1, 0.15) is 0 Å². The molecule has 1 heterocycles. The van der Waals surface area contributed by atoms with Gasteiger partial charge >= 0.3 is 6.09 Å². The average molecular weight is 207 g/mol. The maximum absolute atomic E-state index is 10.7. The van der Waals surface area contributed by atoms with E-state index in [1.807, 2.05) is 0 Å². The lowest BCUT2D eigenvalue weighted by Crippen LogP contribution is -2.58. The van der Waals surface area contributed by atoms with Gasteiger partial charge in [-0.25, -0.2) is 4.79 Å². The second-order valence-electron chi connectivity index (χ2n) is 2.94. The number of carbonyl (C=O) groups excluding carboxylic acids is 1. The van der Waals surface area contributed by atoms with E-state index in [-0.39, 0.29) is 6.61 Å². The summed E-state index contributed by atoms with van der Waals surface area (Å²) in [5.74, 6) is 0. The summed E-state index contributed by atoms with van der Waals surface area (Å²) in [7, 11) is 1.16. The lowest BCUT2D eigenvalue weighted by molar-refractivity contribution is -0.192. The first-order valence-corrected chi connectivity index (χ1v) is 4.06. The van der Waals surface area contributed by atoms with Gasteiger partial charge in [0.15, 0.2) is 6.23 Å². The van der Waals surface area contributed by atoms with Gasteiger partial charge in [-0.05, 0) is 0 Å². The monoisotopic (exact) mass is 207 g/mol. The molecule has 1 rings (SSSR count). The van der Waals surface area contributed by atoms with Crippen LogP contribution in [-0.4, -0.2) is 59.7 Å². The molecule has 14 heavy (non-hydrogen) atoms. The number of aliphatic hydroxyl groups excluding tert-OH is 3. The number of aliphatic hydroxyl groups is 3. The van der Waals surface area contributed by atoms with E-state index in [2.05, 4.69) is 10.1 Å². The van der Waals surface area contributed by atoms with Gasteiger partial charge in [0, 0.05) is 0 Å². The summed E-state index contributed by atoms with van der Waals surface area (Å²) >= 11 is 0. The van der Waals surface area contributed by atoms with Crippen molar-refractivity contribution in [2.75, 3.05) is 13.7 Å². The molecule has 4 N–H and O–H groups in total. The third kappa shape index (κ3) is 2.32. The zero-order valence-corrected chi connectivity index (χ0v) is 7.58. The van der Waals surface area contributed by atoms with Crippen LogP contribution >= 0.6 is 0 Å². The molecule has 7 nitrogen and oxygen atoms in total. The van der Waals surface area contributed by atoms with Gasteiger partial charge in [0.1, 0.15) is 18.3 Å². The SMILES string of the molecule is COC(=O)N[C@@H]1OC[C@H](O)[C@@H](O)[C@H]1O. The standard InChI is InChI=1S/C7H13NO6/c1-13-7(12)8-6-5(11)4(10)3(9)2-14-6/h3-6,9-11H,2H2,1H3,(H,8,12)/t3-,4+,5+,6+/m0/s1. The van der Waals surface area contributed by atoms with Crippen LogP contribution in [0, 0.1) is 0 Å². The fraction of sp³-hybridized carbons (Fsp3) is 0.857. The van der Waals surface area contributed by atoms with Crippen molar-refractivity contribution in [3.63, 3.8) is 0 Å². The average Bonchev–Trinajstić information content (AvgIpc) is 2.19. The Hall–Kier alpha value is -0.890. The third-order valence-electron chi connectivity index (χ3n) is 1.95. The molecule has 0 unspecified atom stereocenters. The van der Waals surface area contributed by atoms with Crippen molar-refractivity contribution in [3.05, 3.63) is 0 Å². The van der Waals surface area contributed by atoms with Crippen LogP contribution in [0.5, 0.6) is 0 Å². The van der Waals surface area contributed by atoms with Crippen molar-refractivity contribution in [2.24, 2.45) is 0 Å². The summed E-state index contributed by atoms with van der Waals surface area (Å²) in [6.07, 6.45) is -5.72. The highest BCUT2D eigenvalue weighted by molar-refractivity contribution is 5.67. The number of amides is 1. The van der Waals surface area contributed by atoms with Gasteiger partial charge in [-0.15, -0.1) is 0 Å². The Balaban J connectivity index is 2.50. The van der Waals surface area contributed by atoms with Crippen LogP contribution in [0.3, 0.4) is 0 Å². The van der Waals surface area contributed by atoms with E-state index in [1.54, 1.807) is 0 Å². The summed E-state index contributed by atoms with van der Waals surface area (Å²) in [5.41, 5.74) is 0. The topological polar surface area (TPSA) is 108 Å². The van der Waals surface area contributed by atoms with Gasteiger partial charge < -0.3 is 24.8 Å². The number of methoxy groups -OCH3 is 1. The normalized spacial score (nSPS) is 37.7. The molecule has 0 aromatic rings. The first-order chi connectivity index (χ1) is 6.56. The van der Waals surface area contributed by atoms with E-state index in [0.29, 0.717) is 0 Å². The van der Waals surface area contributed by atoms with Crippen LogP contribution in [0.4, 0.5) is 4.79 Å². The van der Waals surface area contributed by atoms with Gasteiger partial charge in [-0.2, -0.15) is 0 Å². The Bertz CT molecular complexity index is 210. The molecule has 0 radical (unpaired) electrons. The summed E-state index contributed by atoms with van der Waals surface area (Å²) in [4.78, 5) is 10.7. The largest absolute Gasteiger partial charge is 0.453 e. The highest BCUT2D eigenvalue weighted by Gasteiger charge is 2.38. The van der Waals surface area contributed by atoms with Crippen LogP contribution in [0.2, 0.25) is 0 Å². The van der Waals surface area contributed by atoms with Crippen molar-refractivity contribution < 1.29 is 29.6 Å². The van der Waals surface area contributed by atoms with Gasteiger partial charge in [0.05, 0.1) is 13.7 Å². The fourth-order valence-electron chi connectivity index (χ4n) is 1.11. The van der Waals surface area contributed by atoms with Crippen LogP contribution in [0.15, 0.2) is 0 Å². The van der Waals surface area contributed by atoms with Crippen molar-refractivity contribution >= 4 is 6.09 Å². The molecule has 1 saturated heterocycles. The number of rotatable bonds is 1. The Morgan fingerprint density at radius 3 is 2.64 bits per heavy atom. The van der Waals surface area contributed by atoms with Gasteiger partial charge in [-0.3, -0.25) is 5.32 Å². The highest BCUT2D eigenvalue weighted by atomic mass is 16.6. The zero-order valence-electron chi connectivity index (χ0n) is 7.58. The van der Waals surface area contributed by atoms with Crippen molar-refractivity contribution in [1.82, 2.24) is 5.32 Å². The number of hydrogen-bond acceptors (Lipinski definition) is 6. The first kappa shape index (κ1) is 11.2. The molecule has 0 aliphatic carbocycles. The van der Waals surface area contributed by atoms with Crippen molar-refractivity contribution in [3.8, 4) is 0 Å². The summed E-state index contributed by atoms with van der Waals surface area (Å²) in [6.45, 7) is -0.160. The number of ether oxygens (including phenoxy) is 2. The molecule has 0 aromatic heterocycles. The molecular formula is C7H13NO6. The maximum Gasteiger partial charge on any atom is 0.408 e. The summed E-state index contributed by atoms with van der Waals surface area (Å²) in [5, 5.41) is 29.8. The Labute approximate surface area is 80.2 Å². The predicted octanol–water partition coefficient (Wildman–Crippen LogP) is -2.22. The molecule has 1 fully saturated rings. The van der Waals surface area contributed by atoms with Crippen LogP contribution in [-0.2, 0) is 9.47 Å². The fourth-order valence-corrected chi connectivity index (χ4v) is 1.11. The second-order valence-corrected chi connectivity index (χ2v) is 2.94. The lowest BCUT2D eigenvalue weighted by atomic mass is 10.0. The van der Waals surface area contributed by atoms with E-state index < -0.39 is 30.6 Å². The zero-order chi connectivity index (χ0) is 10.7. The smallest absolute Gasteiger partial charge is 0.408 e. The van der Waals surface area contributed by atoms with Gasteiger partial charge in [0.25, 0.3) is 0 Å². The third-order valence-corrected chi connectivity index (χ3v) is 1.95. The number of alkyl carbamates (subject to hydrolysis) is 1. The molecule has 4 atom stereocenters. The minimum atomic E-state index is -1.38. The maximum atomic E-state index is 10.7. The minimum Gasteiger partial charge on any atom is -0.453 e. The first-order valence-electron chi connectivity index (χ1n) is 4.06. The molecule has 1 amide bonds. The Kier molecular flexibility index (Phi) is 3.64. The van der Waals surface area contributed by atoms with Crippen molar-refractivity contribution in [2.45, 2.75) is 24.5 Å². The van der Waals surface area contributed by atoms with Crippen molar-refractivity contribution in [1.29, 1.82) is 0 Å². The van der Waals surface area contributed by atoms with E-state index in [0.717, 1.165) is 7.11 Å². The van der Waals surface area contributed by atoms with Gasteiger partial charge in [-0.1, -0.05) is 0 Å². The van der Waals surface area contributed by atoms with Gasteiger partial charge in [0.2, 0.25) is 0 Å². The minimum absolute atomic E-state index is 0.160. The molecule has 82 valence electrons. The number of hydrogen-bond donors (Lipinski definition) is 4. The second kappa shape index (κ2) is 4.56. The Morgan fingerprint density at radius 1 is 1.43 bits per heavy atom. The van der Waals surface area contributed by atoms with E-state index in [9.17, 15) is 15.0 Å². The molecule has 0 spiro atoms. The molecule has 1 aliphatic heterocycles. The number of carbonyl (C=O) groups is 1. The molecule has 0 saturated carbocycles. The predicted molar refractivity (Wildman–Crippen MR) is 43.3 cm³/mol. The molecular weight excluding hydrogens is 194 g/mol. The van der Waals surface area contributed by atoms with Crippen LogP contribution < -0.4 is 5.32 Å². The molecule has 0 bridgehead atoms. The number of nitrogens with one attached hydrogen (secondary N) is 1. The highest BCUT2D eigenvalue weighted by Crippen LogP contribution is 2.13.